The molecule has 0 amide bonds. The zero-order valence-electron chi connectivity index (χ0n) is 16.1. The van der Waals surface area contributed by atoms with E-state index in [2.05, 4.69) is 4.90 Å². The smallest absolute Gasteiger partial charge is 0.282 e. The molecule has 0 unspecified atom stereocenters. The quantitative estimate of drug-likeness (QED) is 0.698. The lowest BCUT2D eigenvalue weighted by Gasteiger charge is -2.36. The third kappa shape index (κ3) is 6.32. The molecule has 2 rings (SSSR count). The molecule has 0 aliphatic carbocycles. The molecule has 1 aliphatic heterocycles. The Bertz CT molecular complexity index is 629. The van der Waals surface area contributed by atoms with Crippen LogP contribution in [0.3, 0.4) is 0 Å². The lowest BCUT2D eigenvalue weighted by atomic mass is 10.1. The second-order valence-corrected chi connectivity index (χ2v) is 9.34. The first-order chi connectivity index (χ1) is 12.3. The highest BCUT2D eigenvalue weighted by Gasteiger charge is 2.33. The second kappa shape index (κ2) is 9.80. The first kappa shape index (κ1) is 21.3. The predicted molar refractivity (Wildman–Crippen MR) is 105 cm³/mol. The van der Waals surface area contributed by atoms with Crippen LogP contribution in [0, 0.1) is 12.3 Å². The van der Waals surface area contributed by atoms with Crippen molar-refractivity contribution in [2.75, 3.05) is 46.3 Å². The van der Waals surface area contributed by atoms with Crippen LogP contribution in [-0.2, 0) is 16.6 Å². The van der Waals surface area contributed by atoms with E-state index in [1.807, 2.05) is 51.2 Å². The number of rotatable bonds is 9. The van der Waals surface area contributed by atoms with Gasteiger partial charge in [0.25, 0.3) is 10.2 Å². The molecule has 1 saturated heterocycles. The third-order valence-electron chi connectivity index (χ3n) is 4.54. The van der Waals surface area contributed by atoms with Crippen molar-refractivity contribution in [1.82, 2.24) is 13.5 Å². The van der Waals surface area contributed by atoms with Crippen molar-refractivity contribution in [2.24, 2.45) is 5.92 Å². The Morgan fingerprint density at radius 3 is 2.31 bits per heavy atom. The van der Waals surface area contributed by atoms with Crippen LogP contribution < -0.4 is 0 Å². The Kier molecular flexibility index (Phi) is 8.04. The number of benzene rings is 1. The van der Waals surface area contributed by atoms with Gasteiger partial charge in [-0.15, -0.1) is 0 Å². The SMILES string of the molecule is CC(C)CN(C[C@H](O)[CH]Cc1ccccc1)S(=O)(=O)N1CCN(C)CC1. The molecular weight excluding hydrogens is 350 g/mol. The Balaban J connectivity index is 1.99. The molecule has 1 atom stereocenters. The number of hydrogen-bond acceptors (Lipinski definition) is 4. The van der Waals surface area contributed by atoms with Crippen molar-refractivity contribution in [3.63, 3.8) is 0 Å². The van der Waals surface area contributed by atoms with Gasteiger partial charge in [0.2, 0.25) is 0 Å². The number of aliphatic hydroxyl groups excluding tert-OH is 1. The monoisotopic (exact) mass is 382 g/mol. The molecule has 0 saturated carbocycles. The predicted octanol–water partition coefficient (Wildman–Crippen LogP) is 1.24. The standard InChI is InChI=1S/C19H32N3O3S/c1-17(2)15-22(26(24,25)21-13-11-20(3)12-14-21)16-19(23)10-9-18-7-5-4-6-8-18/h4-8,10,17,19,23H,9,11-16H2,1-3H3/t19-/m1/s1. The molecule has 0 aromatic heterocycles. The van der Waals surface area contributed by atoms with Crippen LogP contribution in [0.15, 0.2) is 30.3 Å². The summed E-state index contributed by atoms with van der Waals surface area (Å²) >= 11 is 0. The molecule has 1 aromatic rings. The highest BCUT2D eigenvalue weighted by molar-refractivity contribution is 7.86. The minimum Gasteiger partial charge on any atom is -0.391 e. The summed E-state index contributed by atoms with van der Waals surface area (Å²) < 4.78 is 29.1. The van der Waals surface area contributed by atoms with Crippen LogP contribution >= 0.6 is 0 Å². The van der Waals surface area contributed by atoms with Crippen molar-refractivity contribution in [1.29, 1.82) is 0 Å². The van der Waals surface area contributed by atoms with Gasteiger partial charge in [-0.1, -0.05) is 44.2 Å². The minimum absolute atomic E-state index is 0.0969. The van der Waals surface area contributed by atoms with E-state index in [1.54, 1.807) is 10.7 Å². The Morgan fingerprint density at radius 1 is 1.12 bits per heavy atom. The molecule has 1 aliphatic rings. The van der Waals surface area contributed by atoms with E-state index >= 15 is 0 Å². The second-order valence-electron chi connectivity index (χ2n) is 7.41. The molecule has 1 fully saturated rings. The zero-order valence-corrected chi connectivity index (χ0v) is 16.9. The van der Waals surface area contributed by atoms with E-state index < -0.39 is 16.3 Å². The molecule has 1 aromatic carbocycles. The summed E-state index contributed by atoms with van der Waals surface area (Å²) in [6, 6.07) is 9.86. The van der Waals surface area contributed by atoms with E-state index in [1.165, 1.54) is 4.31 Å². The highest BCUT2D eigenvalue weighted by Crippen LogP contribution is 2.16. The van der Waals surface area contributed by atoms with Crippen LogP contribution in [0.4, 0.5) is 0 Å². The Hall–Kier alpha value is -0.990. The van der Waals surface area contributed by atoms with Crippen molar-refractivity contribution < 1.29 is 13.5 Å². The highest BCUT2D eigenvalue weighted by atomic mass is 32.2. The fourth-order valence-corrected chi connectivity index (χ4v) is 4.80. The van der Waals surface area contributed by atoms with E-state index in [0.717, 1.165) is 18.7 Å². The van der Waals surface area contributed by atoms with Crippen molar-refractivity contribution in [3.8, 4) is 0 Å². The normalized spacial score (nSPS) is 18.5. The summed E-state index contributed by atoms with van der Waals surface area (Å²) in [6.07, 6.45) is 1.60. The maximum Gasteiger partial charge on any atom is 0.282 e. The first-order valence-electron chi connectivity index (χ1n) is 9.28. The van der Waals surface area contributed by atoms with E-state index in [-0.39, 0.29) is 12.5 Å². The van der Waals surface area contributed by atoms with Gasteiger partial charge in [0.05, 0.1) is 6.10 Å². The fourth-order valence-electron chi connectivity index (χ4n) is 3.02. The van der Waals surface area contributed by atoms with Crippen LogP contribution in [0.25, 0.3) is 0 Å². The molecular formula is C19H32N3O3S. The van der Waals surface area contributed by atoms with Gasteiger partial charge in [0.15, 0.2) is 0 Å². The number of hydrogen-bond donors (Lipinski definition) is 1. The molecule has 7 heteroatoms. The van der Waals surface area contributed by atoms with Gasteiger partial charge in [-0.2, -0.15) is 17.0 Å². The molecule has 6 nitrogen and oxygen atoms in total. The summed E-state index contributed by atoms with van der Waals surface area (Å²) in [6.45, 7) is 6.95. The van der Waals surface area contributed by atoms with Gasteiger partial charge in [-0.05, 0) is 31.4 Å². The van der Waals surface area contributed by atoms with Gasteiger partial charge in [0, 0.05) is 39.3 Å². The van der Waals surface area contributed by atoms with Crippen molar-refractivity contribution >= 4 is 10.2 Å². The summed E-state index contributed by atoms with van der Waals surface area (Å²) in [7, 11) is -1.56. The number of nitrogens with zero attached hydrogens (tertiary/aromatic N) is 3. The molecule has 1 N–H and O–H groups in total. The molecule has 0 bridgehead atoms. The van der Waals surface area contributed by atoms with Crippen LogP contribution in [-0.4, -0.2) is 79.5 Å². The van der Waals surface area contributed by atoms with E-state index in [0.29, 0.717) is 26.1 Å². The Labute approximate surface area is 158 Å². The lowest BCUT2D eigenvalue weighted by Crippen LogP contribution is -2.54. The van der Waals surface area contributed by atoms with Gasteiger partial charge in [-0.25, -0.2) is 0 Å². The summed E-state index contributed by atoms with van der Waals surface area (Å²) in [5, 5.41) is 10.4. The third-order valence-corrected chi connectivity index (χ3v) is 6.51. The average Bonchev–Trinajstić information content (AvgIpc) is 2.60. The number of aliphatic hydroxyl groups is 1. The van der Waals surface area contributed by atoms with Crippen LogP contribution in [0.1, 0.15) is 19.4 Å². The number of piperazine rings is 1. The minimum atomic E-state index is -3.56. The maximum atomic E-state index is 13.0. The van der Waals surface area contributed by atoms with Crippen LogP contribution in [0.2, 0.25) is 0 Å². The lowest BCUT2D eigenvalue weighted by molar-refractivity contribution is 0.156. The average molecular weight is 383 g/mol. The van der Waals surface area contributed by atoms with Gasteiger partial charge in [-0.3, -0.25) is 0 Å². The largest absolute Gasteiger partial charge is 0.391 e. The van der Waals surface area contributed by atoms with E-state index in [9.17, 15) is 13.5 Å². The van der Waals surface area contributed by atoms with E-state index in [4.69, 9.17) is 0 Å². The van der Waals surface area contributed by atoms with Gasteiger partial charge < -0.3 is 10.0 Å². The number of likely N-dealkylation sites (N-methyl/N-ethyl adjacent to an activating group) is 1. The topological polar surface area (TPSA) is 64.1 Å². The molecule has 26 heavy (non-hydrogen) atoms. The van der Waals surface area contributed by atoms with Crippen molar-refractivity contribution in [3.05, 3.63) is 42.3 Å². The van der Waals surface area contributed by atoms with Crippen LogP contribution in [0.5, 0.6) is 0 Å². The zero-order chi connectivity index (χ0) is 19.2. The maximum absolute atomic E-state index is 13.0. The molecule has 1 heterocycles. The first-order valence-corrected chi connectivity index (χ1v) is 10.7. The van der Waals surface area contributed by atoms with Gasteiger partial charge in [0.1, 0.15) is 0 Å². The van der Waals surface area contributed by atoms with Crippen molar-refractivity contribution in [2.45, 2.75) is 26.4 Å². The summed E-state index contributed by atoms with van der Waals surface area (Å²) in [5.74, 6) is 0.193. The van der Waals surface area contributed by atoms with Gasteiger partial charge >= 0.3 is 0 Å². The molecule has 147 valence electrons. The molecule has 1 radical (unpaired) electrons. The summed E-state index contributed by atoms with van der Waals surface area (Å²) in [5.41, 5.74) is 1.10. The molecule has 0 spiro atoms. The fraction of sp³-hybridized carbons (Fsp3) is 0.632. The summed E-state index contributed by atoms with van der Waals surface area (Å²) in [4.78, 5) is 2.13. The Morgan fingerprint density at radius 2 is 1.73 bits per heavy atom.